The van der Waals surface area contributed by atoms with Gasteiger partial charge in [-0.05, 0) is 57.6 Å². The lowest BCUT2D eigenvalue weighted by molar-refractivity contribution is 1.10. The topological polar surface area (TPSA) is 12.0 Å². The van der Waals surface area contributed by atoms with Crippen molar-refractivity contribution in [3.8, 4) is 0 Å². The summed E-state index contributed by atoms with van der Waals surface area (Å²) in [7, 11) is 0. The SMILES string of the molecule is CCc1cc(Br)ccc1NCc1sccc1Br. The molecule has 2 aromatic rings. The molecule has 0 atom stereocenters. The minimum Gasteiger partial charge on any atom is -0.380 e. The minimum atomic E-state index is 0.868. The zero-order valence-corrected chi connectivity index (χ0v) is 13.5. The van der Waals surface area contributed by atoms with Crippen LogP contribution in [0.1, 0.15) is 17.4 Å². The van der Waals surface area contributed by atoms with Crippen LogP contribution in [0.2, 0.25) is 0 Å². The van der Waals surface area contributed by atoms with Crippen LogP contribution in [-0.4, -0.2) is 0 Å². The quantitative estimate of drug-likeness (QED) is 0.750. The lowest BCUT2D eigenvalue weighted by Crippen LogP contribution is -2.01. The van der Waals surface area contributed by atoms with Gasteiger partial charge in [0.05, 0.1) is 6.54 Å². The molecule has 0 unspecified atom stereocenters. The third-order valence-corrected chi connectivity index (χ3v) is 5.00. The molecule has 0 amide bonds. The Kier molecular flexibility index (Phi) is 4.65. The molecule has 1 N–H and O–H groups in total. The summed E-state index contributed by atoms with van der Waals surface area (Å²) in [5.74, 6) is 0. The highest BCUT2D eigenvalue weighted by atomic mass is 79.9. The zero-order valence-electron chi connectivity index (χ0n) is 9.47. The Balaban J connectivity index is 2.11. The van der Waals surface area contributed by atoms with E-state index in [1.165, 1.54) is 20.6 Å². The fourth-order valence-electron chi connectivity index (χ4n) is 1.65. The van der Waals surface area contributed by atoms with Crippen LogP contribution >= 0.6 is 43.2 Å². The van der Waals surface area contributed by atoms with Crippen molar-refractivity contribution >= 4 is 48.9 Å². The van der Waals surface area contributed by atoms with Gasteiger partial charge in [-0.25, -0.2) is 0 Å². The first-order valence-electron chi connectivity index (χ1n) is 5.45. The molecule has 0 saturated carbocycles. The first-order chi connectivity index (χ1) is 8.20. The Bertz CT molecular complexity index is 508. The van der Waals surface area contributed by atoms with Gasteiger partial charge in [0.25, 0.3) is 0 Å². The largest absolute Gasteiger partial charge is 0.380 e. The van der Waals surface area contributed by atoms with Crippen LogP contribution < -0.4 is 5.32 Å². The van der Waals surface area contributed by atoms with E-state index in [0.29, 0.717) is 0 Å². The summed E-state index contributed by atoms with van der Waals surface area (Å²) >= 11 is 8.82. The second kappa shape index (κ2) is 6.03. The van der Waals surface area contributed by atoms with Crippen molar-refractivity contribution in [3.63, 3.8) is 0 Å². The molecular formula is C13H13Br2NS. The predicted molar refractivity (Wildman–Crippen MR) is 82.9 cm³/mol. The summed E-state index contributed by atoms with van der Waals surface area (Å²) in [6, 6.07) is 8.46. The molecule has 1 heterocycles. The average Bonchev–Trinajstić information content (AvgIpc) is 2.73. The van der Waals surface area contributed by atoms with Crippen LogP contribution in [-0.2, 0) is 13.0 Å². The molecule has 4 heteroatoms. The number of thiophene rings is 1. The maximum absolute atomic E-state index is 3.55. The molecule has 0 spiro atoms. The summed E-state index contributed by atoms with van der Waals surface area (Å²) in [4.78, 5) is 1.33. The number of hydrogen-bond donors (Lipinski definition) is 1. The van der Waals surface area contributed by atoms with Gasteiger partial charge in [-0.2, -0.15) is 0 Å². The van der Waals surface area contributed by atoms with Gasteiger partial charge >= 0.3 is 0 Å². The average molecular weight is 375 g/mol. The van der Waals surface area contributed by atoms with E-state index in [-0.39, 0.29) is 0 Å². The van der Waals surface area contributed by atoms with Gasteiger partial charge in [0.2, 0.25) is 0 Å². The van der Waals surface area contributed by atoms with Gasteiger partial charge in [0.15, 0.2) is 0 Å². The van der Waals surface area contributed by atoms with Gasteiger partial charge in [0.1, 0.15) is 0 Å². The maximum atomic E-state index is 3.55. The van der Waals surface area contributed by atoms with Gasteiger partial charge in [0, 0.05) is 19.5 Å². The molecule has 90 valence electrons. The van der Waals surface area contributed by atoms with Gasteiger partial charge in [-0.15, -0.1) is 11.3 Å². The molecule has 0 bridgehead atoms. The molecule has 2 rings (SSSR count). The number of hydrogen-bond acceptors (Lipinski definition) is 2. The summed E-state index contributed by atoms with van der Waals surface area (Å²) in [6.07, 6.45) is 1.04. The van der Waals surface area contributed by atoms with Crippen molar-refractivity contribution < 1.29 is 0 Å². The number of aryl methyl sites for hydroxylation is 1. The first-order valence-corrected chi connectivity index (χ1v) is 7.91. The van der Waals surface area contributed by atoms with E-state index in [1.54, 1.807) is 11.3 Å². The van der Waals surface area contributed by atoms with Crippen LogP contribution in [0.3, 0.4) is 0 Å². The fraction of sp³-hybridized carbons (Fsp3) is 0.231. The van der Waals surface area contributed by atoms with Crippen LogP contribution in [0.25, 0.3) is 0 Å². The Labute approximate surface area is 123 Å². The number of anilines is 1. The molecular weight excluding hydrogens is 362 g/mol. The van der Waals surface area contributed by atoms with Crippen LogP contribution in [0, 0.1) is 0 Å². The third-order valence-electron chi connectivity index (χ3n) is 2.58. The Morgan fingerprint density at radius 2 is 2.06 bits per heavy atom. The monoisotopic (exact) mass is 373 g/mol. The second-order valence-electron chi connectivity index (χ2n) is 3.70. The second-order valence-corrected chi connectivity index (χ2v) is 6.47. The maximum Gasteiger partial charge on any atom is 0.0505 e. The van der Waals surface area contributed by atoms with E-state index < -0.39 is 0 Å². The molecule has 1 aromatic heterocycles. The summed E-state index contributed by atoms with van der Waals surface area (Å²) < 4.78 is 2.32. The molecule has 0 radical (unpaired) electrons. The van der Waals surface area contributed by atoms with Gasteiger partial charge in [-0.1, -0.05) is 22.9 Å². The van der Waals surface area contributed by atoms with Crippen LogP contribution in [0.5, 0.6) is 0 Å². The number of rotatable bonds is 4. The van der Waals surface area contributed by atoms with Gasteiger partial charge in [-0.3, -0.25) is 0 Å². The molecule has 0 aliphatic rings. The smallest absolute Gasteiger partial charge is 0.0505 e. The third kappa shape index (κ3) is 3.33. The molecule has 1 aromatic carbocycles. The number of benzene rings is 1. The minimum absolute atomic E-state index is 0.868. The highest BCUT2D eigenvalue weighted by Gasteiger charge is 2.04. The predicted octanol–water partition coefficient (Wildman–Crippen LogP) is 5.45. The first kappa shape index (κ1) is 13.1. The zero-order chi connectivity index (χ0) is 12.3. The van der Waals surface area contributed by atoms with Crippen molar-refractivity contribution in [1.82, 2.24) is 0 Å². The van der Waals surface area contributed by atoms with E-state index >= 15 is 0 Å². The molecule has 17 heavy (non-hydrogen) atoms. The van der Waals surface area contributed by atoms with E-state index in [4.69, 9.17) is 0 Å². The van der Waals surface area contributed by atoms with Crippen LogP contribution in [0.4, 0.5) is 5.69 Å². The van der Waals surface area contributed by atoms with E-state index in [0.717, 1.165) is 17.4 Å². The molecule has 1 nitrogen and oxygen atoms in total. The summed E-state index contributed by atoms with van der Waals surface area (Å²) in [6.45, 7) is 3.04. The fourth-order valence-corrected chi connectivity index (χ4v) is 3.49. The van der Waals surface area contributed by atoms with E-state index in [1.807, 2.05) is 0 Å². The van der Waals surface area contributed by atoms with Crippen molar-refractivity contribution in [2.75, 3.05) is 5.32 Å². The number of nitrogens with one attached hydrogen (secondary N) is 1. The summed E-state index contributed by atoms with van der Waals surface area (Å²) in [5.41, 5.74) is 2.56. The standard InChI is InChI=1S/C13H13Br2NS/c1-2-9-7-10(14)3-4-12(9)16-8-13-11(15)5-6-17-13/h3-7,16H,2,8H2,1H3. The lowest BCUT2D eigenvalue weighted by atomic mass is 10.1. The van der Waals surface area contributed by atoms with Crippen molar-refractivity contribution in [3.05, 3.63) is 49.0 Å². The van der Waals surface area contributed by atoms with Crippen LogP contribution in [0.15, 0.2) is 38.6 Å². The Morgan fingerprint density at radius 1 is 1.24 bits per heavy atom. The molecule has 0 aliphatic heterocycles. The van der Waals surface area contributed by atoms with Gasteiger partial charge < -0.3 is 5.32 Å². The Morgan fingerprint density at radius 3 is 2.71 bits per heavy atom. The Hall–Kier alpha value is -0.320. The summed E-state index contributed by atoms with van der Waals surface area (Å²) in [5, 5.41) is 5.59. The highest BCUT2D eigenvalue weighted by molar-refractivity contribution is 9.10. The molecule has 0 fully saturated rings. The molecule has 0 saturated heterocycles. The lowest BCUT2D eigenvalue weighted by Gasteiger charge is -2.11. The van der Waals surface area contributed by atoms with E-state index in [2.05, 4.69) is 73.7 Å². The highest BCUT2D eigenvalue weighted by Crippen LogP contribution is 2.26. The normalized spacial score (nSPS) is 10.5. The van der Waals surface area contributed by atoms with Crippen molar-refractivity contribution in [1.29, 1.82) is 0 Å². The number of halogens is 2. The van der Waals surface area contributed by atoms with E-state index in [9.17, 15) is 0 Å². The van der Waals surface area contributed by atoms with Crippen molar-refractivity contribution in [2.45, 2.75) is 19.9 Å². The molecule has 0 aliphatic carbocycles. The van der Waals surface area contributed by atoms with Crippen molar-refractivity contribution in [2.24, 2.45) is 0 Å².